The van der Waals surface area contributed by atoms with Gasteiger partial charge in [0.1, 0.15) is 4.60 Å². The Balaban J connectivity index is 1.61. The Morgan fingerprint density at radius 1 is 1.23 bits per heavy atom. The first-order chi connectivity index (χ1) is 12.7. The third-order valence-electron chi connectivity index (χ3n) is 4.42. The van der Waals surface area contributed by atoms with Gasteiger partial charge in [0.25, 0.3) is 0 Å². The summed E-state index contributed by atoms with van der Waals surface area (Å²) in [6.07, 6.45) is 3.72. The summed E-state index contributed by atoms with van der Waals surface area (Å²) in [6.45, 7) is 5.28. The number of nitrogens with zero attached hydrogens (tertiary/aromatic N) is 4. The van der Waals surface area contributed by atoms with E-state index in [1.54, 1.807) is 6.20 Å². The highest BCUT2D eigenvalue weighted by atomic mass is 79.9. The van der Waals surface area contributed by atoms with Crippen molar-refractivity contribution in [2.45, 2.75) is 0 Å². The first kappa shape index (κ1) is 17.7. The van der Waals surface area contributed by atoms with E-state index in [-0.39, 0.29) is 0 Å². The van der Waals surface area contributed by atoms with Gasteiger partial charge in [0.2, 0.25) is 0 Å². The fourth-order valence-electron chi connectivity index (χ4n) is 3.03. The topological polar surface area (TPSA) is 54.7 Å². The number of rotatable bonds is 5. The van der Waals surface area contributed by atoms with Crippen molar-refractivity contribution in [1.82, 2.24) is 19.3 Å². The van der Waals surface area contributed by atoms with Gasteiger partial charge in [-0.2, -0.15) is 0 Å². The second-order valence-electron chi connectivity index (χ2n) is 6.11. The molecule has 3 heterocycles. The number of aromatic nitrogens is 3. The molecule has 0 bridgehead atoms. The summed E-state index contributed by atoms with van der Waals surface area (Å²) in [6, 6.07) is 7.72. The van der Waals surface area contributed by atoms with Crippen LogP contribution in [-0.2, 0) is 4.74 Å². The Bertz CT molecular complexity index is 910. The normalized spacial score (nSPS) is 15.5. The molecule has 1 fully saturated rings. The van der Waals surface area contributed by atoms with Gasteiger partial charge in [-0.3, -0.25) is 9.30 Å². The number of imidazole rings is 1. The van der Waals surface area contributed by atoms with Crippen molar-refractivity contribution in [2.75, 3.05) is 44.7 Å². The summed E-state index contributed by atoms with van der Waals surface area (Å²) in [5.74, 6) is 0.751. The van der Waals surface area contributed by atoms with Gasteiger partial charge >= 0.3 is 0 Å². The lowest BCUT2D eigenvalue weighted by atomic mass is 10.1. The van der Waals surface area contributed by atoms with Gasteiger partial charge in [0.05, 0.1) is 30.1 Å². The SMILES string of the molecule is Clc1ccccc1-c1cn2c(Br)cnc2c(NCCN2CCOCC2)n1. The van der Waals surface area contributed by atoms with Crippen LogP contribution in [0.1, 0.15) is 0 Å². The fourth-order valence-corrected chi connectivity index (χ4v) is 3.64. The van der Waals surface area contributed by atoms with Crippen molar-refractivity contribution in [3.05, 3.63) is 46.3 Å². The molecular weight excluding hydrogens is 418 g/mol. The zero-order valence-corrected chi connectivity index (χ0v) is 16.5. The van der Waals surface area contributed by atoms with Crippen LogP contribution in [0.4, 0.5) is 5.82 Å². The molecule has 0 unspecified atom stereocenters. The van der Waals surface area contributed by atoms with Crippen LogP contribution in [0.15, 0.2) is 41.3 Å². The summed E-state index contributed by atoms with van der Waals surface area (Å²) < 4.78 is 8.24. The fraction of sp³-hybridized carbons (Fsp3) is 0.333. The second kappa shape index (κ2) is 7.92. The standard InChI is InChI=1S/C18H19BrClN5O/c19-16-11-22-18-17(21-5-6-24-7-9-26-10-8-24)23-15(12-25(16)18)13-3-1-2-4-14(13)20/h1-4,11-12H,5-10H2,(H,21,23). The van der Waals surface area contributed by atoms with Crippen LogP contribution in [0, 0.1) is 0 Å². The van der Waals surface area contributed by atoms with Crippen LogP contribution in [-0.4, -0.2) is 58.7 Å². The Morgan fingerprint density at radius 2 is 2.04 bits per heavy atom. The molecular formula is C18H19BrClN5O. The monoisotopic (exact) mass is 435 g/mol. The third kappa shape index (κ3) is 3.71. The number of morpholine rings is 1. The molecule has 1 aliphatic heterocycles. The quantitative estimate of drug-likeness (QED) is 0.663. The van der Waals surface area contributed by atoms with E-state index in [0.717, 1.165) is 66.7 Å². The molecule has 8 heteroatoms. The molecule has 136 valence electrons. The minimum Gasteiger partial charge on any atom is -0.379 e. The van der Waals surface area contributed by atoms with Crippen molar-refractivity contribution in [1.29, 1.82) is 0 Å². The minimum absolute atomic E-state index is 0.676. The molecule has 2 aromatic heterocycles. The van der Waals surface area contributed by atoms with E-state index in [1.165, 1.54) is 0 Å². The molecule has 3 aromatic rings. The van der Waals surface area contributed by atoms with Crippen LogP contribution in [0.25, 0.3) is 16.9 Å². The van der Waals surface area contributed by atoms with Crippen molar-refractivity contribution in [3.63, 3.8) is 0 Å². The van der Waals surface area contributed by atoms with Gasteiger partial charge in [-0.15, -0.1) is 0 Å². The van der Waals surface area contributed by atoms with E-state index in [1.807, 2.05) is 34.9 Å². The maximum atomic E-state index is 6.37. The van der Waals surface area contributed by atoms with E-state index in [9.17, 15) is 0 Å². The van der Waals surface area contributed by atoms with Gasteiger partial charge in [-0.1, -0.05) is 29.8 Å². The zero-order chi connectivity index (χ0) is 17.9. The average Bonchev–Trinajstić information content (AvgIpc) is 3.04. The number of halogens is 2. The molecule has 6 nitrogen and oxygen atoms in total. The van der Waals surface area contributed by atoms with Crippen molar-refractivity contribution in [2.24, 2.45) is 0 Å². The summed E-state index contributed by atoms with van der Waals surface area (Å²) in [4.78, 5) is 11.6. The Morgan fingerprint density at radius 3 is 2.85 bits per heavy atom. The zero-order valence-electron chi connectivity index (χ0n) is 14.2. The van der Waals surface area contributed by atoms with E-state index in [0.29, 0.717) is 5.02 Å². The van der Waals surface area contributed by atoms with E-state index in [2.05, 4.69) is 31.1 Å². The largest absolute Gasteiger partial charge is 0.379 e. The lowest BCUT2D eigenvalue weighted by Crippen LogP contribution is -2.39. The van der Waals surface area contributed by atoms with Gasteiger partial charge in [-0.05, 0) is 22.0 Å². The maximum absolute atomic E-state index is 6.37. The van der Waals surface area contributed by atoms with E-state index < -0.39 is 0 Å². The summed E-state index contributed by atoms with van der Waals surface area (Å²) in [5, 5.41) is 4.11. The van der Waals surface area contributed by atoms with Gasteiger partial charge in [0, 0.05) is 37.9 Å². The first-order valence-electron chi connectivity index (χ1n) is 8.55. The molecule has 0 saturated carbocycles. The second-order valence-corrected chi connectivity index (χ2v) is 7.33. The maximum Gasteiger partial charge on any atom is 0.181 e. The molecule has 26 heavy (non-hydrogen) atoms. The van der Waals surface area contributed by atoms with Crippen LogP contribution < -0.4 is 5.32 Å². The molecule has 0 atom stereocenters. The molecule has 1 N–H and O–H groups in total. The number of fused-ring (bicyclic) bond motifs is 1. The lowest BCUT2D eigenvalue weighted by Gasteiger charge is -2.26. The number of benzene rings is 1. The molecule has 0 spiro atoms. The average molecular weight is 437 g/mol. The Kier molecular flexibility index (Phi) is 5.40. The molecule has 0 radical (unpaired) electrons. The molecule has 4 rings (SSSR count). The number of hydrogen-bond acceptors (Lipinski definition) is 5. The van der Waals surface area contributed by atoms with E-state index >= 15 is 0 Å². The first-order valence-corrected chi connectivity index (χ1v) is 9.72. The van der Waals surface area contributed by atoms with Gasteiger partial charge in [-0.25, -0.2) is 9.97 Å². The third-order valence-corrected chi connectivity index (χ3v) is 5.34. The Labute approximate surface area is 165 Å². The highest BCUT2D eigenvalue weighted by molar-refractivity contribution is 9.10. The van der Waals surface area contributed by atoms with Gasteiger partial charge in [0.15, 0.2) is 11.5 Å². The number of anilines is 1. The highest BCUT2D eigenvalue weighted by Crippen LogP contribution is 2.29. The van der Waals surface area contributed by atoms with Crippen LogP contribution in [0.2, 0.25) is 5.02 Å². The van der Waals surface area contributed by atoms with Crippen molar-refractivity contribution >= 4 is 39.0 Å². The summed E-state index contributed by atoms with van der Waals surface area (Å²) >= 11 is 9.91. The van der Waals surface area contributed by atoms with Crippen LogP contribution in [0.3, 0.4) is 0 Å². The predicted octanol–water partition coefficient (Wildman–Crippen LogP) is 3.56. The Hall–Kier alpha value is -1.67. The molecule has 1 aromatic carbocycles. The summed E-state index contributed by atoms with van der Waals surface area (Å²) in [7, 11) is 0. The van der Waals surface area contributed by atoms with E-state index in [4.69, 9.17) is 21.3 Å². The lowest BCUT2D eigenvalue weighted by molar-refractivity contribution is 0.0398. The molecule has 1 saturated heterocycles. The van der Waals surface area contributed by atoms with Gasteiger partial charge < -0.3 is 10.1 Å². The molecule has 0 amide bonds. The van der Waals surface area contributed by atoms with Crippen molar-refractivity contribution < 1.29 is 4.74 Å². The van der Waals surface area contributed by atoms with Crippen LogP contribution >= 0.6 is 27.5 Å². The van der Waals surface area contributed by atoms with Crippen LogP contribution in [0.5, 0.6) is 0 Å². The predicted molar refractivity (Wildman–Crippen MR) is 107 cm³/mol. The summed E-state index contributed by atoms with van der Waals surface area (Å²) in [5.41, 5.74) is 2.48. The number of hydrogen-bond donors (Lipinski definition) is 1. The molecule has 1 aliphatic rings. The van der Waals surface area contributed by atoms with Crippen molar-refractivity contribution in [3.8, 4) is 11.3 Å². The molecule has 0 aliphatic carbocycles. The number of nitrogens with one attached hydrogen (secondary N) is 1. The highest BCUT2D eigenvalue weighted by Gasteiger charge is 2.14. The number of ether oxygens (including phenoxy) is 1. The minimum atomic E-state index is 0.676. The smallest absolute Gasteiger partial charge is 0.181 e.